The summed E-state index contributed by atoms with van der Waals surface area (Å²) in [4.78, 5) is 13.4. The van der Waals surface area contributed by atoms with Crippen LogP contribution in [0.4, 0.5) is 0 Å². The zero-order chi connectivity index (χ0) is 14.0. The second-order valence-electron chi connectivity index (χ2n) is 5.58. The summed E-state index contributed by atoms with van der Waals surface area (Å²) in [6.45, 7) is 5.94. The van der Waals surface area contributed by atoms with Crippen molar-refractivity contribution < 1.29 is 9.90 Å². The fraction of sp³-hybridized carbons (Fsp3) is 0.467. The number of hydrogen-bond donors (Lipinski definition) is 1. The fourth-order valence-electron chi connectivity index (χ4n) is 2.55. The molecule has 1 aliphatic heterocycles. The molecule has 1 atom stereocenters. The lowest BCUT2D eigenvalue weighted by molar-refractivity contribution is -0.147. The highest BCUT2D eigenvalue weighted by Crippen LogP contribution is 2.31. The van der Waals surface area contributed by atoms with Gasteiger partial charge in [-0.1, -0.05) is 6.07 Å². The summed E-state index contributed by atoms with van der Waals surface area (Å²) in [6.07, 6.45) is 0.692. The normalized spacial score (nSPS) is 23.2. The number of hydrogen-bond acceptors (Lipinski definition) is 3. The Kier molecular flexibility index (Phi) is 3.59. The Morgan fingerprint density at radius 3 is 2.84 bits per heavy atom. The molecule has 1 aromatic carbocycles. The van der Waals surface area contributed by atoms with Gasteiger partial charge in [-0.25, -0.2) is 0 Å². The Morgan fingerprint density at radius 2 is 2.32 bits per heavy atom. The van der Waals surface area contributed by atoms with Gasteiger partial charge in [0.2, 0.25) is 0 Å². The van der Waals surface area contributed by atoms with Crippen LogP contribution in [0.5, 0.6) is 0 Å². The van der Waals surface area contributed by atoms with E-state index in [-0.39, 0.29) is 0 Å². The number of nitriles is 1. The monoisotopic (exact) mass is 258 g/mol. The fourth-order valence-corrected chi connectivity index (χ4v) is 2.55. The minimum atomic E-state index is -0.716. The van der Waals surface area contributed by atoms with Gasteiger partial charge >= 0.3 is 5.97 Å². The molecular formula is C15H18N2O2. The predicted octanol–water partition coefficient (Wildman–Crippen LogP) is 2.16. The number of carbonyl (C=O) groups is 1. The first-order chi connectivity index (χ1) is 8.94. The lowest BCUT2D eigenvalue weighted by Gasteiger charge is -2.20. The number of rotatable bonds is 3. The van der Waals surface area contributed by atoms with Crippen molar-refractivity contribution in [2.24, 2.45) is 5.41 Å². The van der Waals surface area contributed by atoms with Crippen LogP contribution >= 0.6 is 0 Å². The predicted molar refractivity (Wildman–Crippen MR) is 71.5 cm³/mol. The smallest absolute Gasteiger partial charge is 0.310 e. The van der Waals surface area contributed by atoms with Crippen LogP contribution in [-0.2, 0) is 11.3 Å². The second kappa shape index (κ2) is 5.02. The number of nitrogens with zero attached hydrogens (tertiary/aromatic N) is 2. The molecule has 0 amide bonds. The first-order valence-corrected chi connectivity index (χ1v) is 6.40. The van der Waals surface area contributed by atoms with Crippen molar-refractivity contribution in [1.82, 2.24) is 4.90 Å². The van der Waals surface area contributed by atoms with Gasteiger partial charge in [0, 0.05) is 13.1 Å². The van der Waals surface area contributed by atoms with Gasteiger partial charge < -0.3 is 5.11 Å². The Bertz CT molecular complexity index is 548. The number of carboxylic acid groups (broad SMARTS) is 1. The van der Waals surface area contributed by atoms with Gasteiger partial charge in [-0.2, -0.15) is 5.26 Å². The topological polar surface area (TPSA) is 64.3 Å². The summed E-state index contributed by atoms with van der Waals surface area (Å²) in [5, 5.41) is 18.1. The summed E-state index contributed by atoms with van der Waals surface area (Å²) in [7, 11) is 0. The van der Waals surface area contributed by atoms with Crippen LogP contribution in [0.3, 0.4) is 0 Å². The number of benzene rings is 1. The minimum absolute atomic E-state index is 0.585. The molecule has 4 nitrogen and oxygen atoms in total. The molecule has 1 unspecified atom stereocenters. The highest BCUT2D eigenvalue weighted by Gasteiger charge is 2.40. The van der Waals surface area contributed by atoms with E-state index in [1.54, 1.807) is 6.92 Å². The maximum Gasteiger partial charge on any atom is 0.310 e. The molecule has 4 heteroatoms. The molecule has 1 saturated heterocycles. The van der Waals surface area contributed by atoms with Crippen LogP contribution in [0.15, 0.2) is 18.2 Å². The Hall–Kier alpha value is -1.86. The zero-order valence-electron chi connectivity index (χ0n) is 11.3. The minimum Gasteiger partial charge on any atom is -0.481 e. The first kappa shape index (κ1) is 13.6. The molecule has 19 heavy (non-hydrogen) atoms. The molecule has 0 bridgehead atoms. The summed E-state index contributed by atoms with van der Waals surface area (Å²) >= 11 is 0. The van der Waals surface area contributed by atoms with Crippen LogP contribution in [-0.4, -0.2) is 29.1 Å². The molecular weight excluding hydrogens is 240 g/mol. The largest absolute Gasteiger partial charge is 0.481 e. The van der Waals surface area contributed by atoms with E-state index in [1.807, 2.05) is 25.1 Å². The van der Waals surface area contributed by atoms with Gasteiger partial charge in [0.15, 0.2) is 0 Å². The van der Waals surface area contributed by atoms with E-state index < -0.39 is 11.4 Å². The van der Waals surface area contributed by atoms with Crippen LogP contribution in [0.1, 0.15) is 30.0 Å². The lowest BCUT2D eigenvalue weighted by Crippen LogP contribution is -2.31. The molecule has 0 radical (unpaired) electrons. The molecule has 100 valence electrons. The van der Waals surface area contributed by atoms with E-state index >= 15 is 0 Å². The van der Waals surface area contributed by atoms with E-state index in [1.165, 1.54) is 0 Å². The molecule has 1 fully saturated rings. The van der Waals surface area contributed by atoms with E-state index in [2.05, 4.69) is 11.0 Å². The van der Waals surface area contributed by atoms with Crippen molar-refractivity contribution in [2.45, 2.75) is 26.8 Å². The Labute approximate surface area is 113 Å². The van der Waals surface area contributed by atoms with Crippen LogP contribution in [0, 0.1) is 23.7 Å². The summed E-state index contributed by atoms with van der Waals surface area (Å²) < 4.78 is 0. The zero-order valence-corrected chi connectivity index (χ0v) is 11.3. The van der Waals surface area contributed by atoms with E-state index in [9.17, 15) is 9.90 Å². The number of likely N-dealkylation sites (tertiary alicyclic amines) is 1. The maximum absolute atomic E-state index is 11.2. The van der Waals surface area contributed by atoms with Crippen molar-refractivity contribution in [1.29, 1.82) is 5.26 Å². The average molecular weight is 258 g/mol. The number of aryl methyl sites for hydroxylation is 1. The van der Waals surface area contributed by atoms with E-state index in [4.69, 9.17) is 5.26 Å². The molecule has 0 spiro atoms. The van der Waals surface area contributed by atoms with E-state index in [0.29, 0.717) is 18.5 Å². The summed E-state index contributed by atoms with van der Waals surface area (Å²) in [6, 6.07) is 7.78. The summed E-state index contributed by atoms with van der Waals surface area (Å²) in [5.74, 6) is -0.716. The quantitative estimate of drug-likeness (QED) is 0.902. The second-order valence-corrected chi connectivity index (χ2v) is 5.58. The Balaban J connectivity index is 2.08. The number of aliphatic carboxylic acids is 1. The average Bonchev–Trinajstić information content (AvgIpc) is 2.75. The lowest BCUT2D eigenvalue weighted by atomic mass is 9.90. The molecule has 2 rings (SSSR count). The van der Waals surface area contributed by atoms with Gasteiger partial charge in [-0.3, -0.25) is 9.69 Å². The van der Waals surface area contributed by atoms with Gasteiger partial charge in [-0.15, -0.1) is 0 Å². The highest BCUT2D eigenvalue weighted by molar-refractivity contribution is 5.74. The van der Waals surface area contributed by atoms with Crippen molar-refractivity contribution in [3.63, 3.8) is 0 Å². The molecule has 1 heterocycles. The van der Waals surface area contributed by atoms with Crippen molar-refractivity contribution in [2.75, 3.05) is 13.1 Å². The van der Waals surface area contributed by atoms with E-state index in [0.717, 1.165) is 24.2 Å². The molecule has 1 N–H and O–H groups in total. The van der Waals surface area contributed by atoms with Crippen LogP contribution in [0.25, 0.3) is 0 Å². The molecule has 0 saturated carbocycles. The highest BCUT2D eigenvalue weighted by atomic mass is 16.4. The molecule has 0 aromatic heterocycles. The molecule has 1 aliphatic rings. The third-order valence-electron chi connectivity index (χ3n) is 3.93. The third kappa shape index (κ3) is 2.77. The van der Waals surface area contributed by atoms with Crippen molar-refractivity contribution in [3.8, 4) is 6.07 Å². The van der Waals surface area contributed by atoms with Crippen LogP contribution in [0.2, 0.25) is 0 Å². The van der Waals surface area contributed by atoms with Gasteiger partial charge in [0.1, 0.15) is 0 Å². The SMILES string of the molecule is Cc1cc(C#N)ccc1CN1CCC(C)(C(=O)O)C1. The van der Waals surface area contributed by atoms with Gasteiger partial charge in [0.05, 0.1) is 17.0 Å². The Morgan fingerprint density at radius 1 is 1.58 bits per heavy atom. The van der Waals surface area contributed by atoms with Gasteiger partial charge in [0.25, 0.3) is 0 Å². The number of carboxylic acids is 1. The first-order valence-electron chi connectivity index (χ1n) is 6.40. The summed E-state index contributed by atoms with van der Waals surface area (Å²) in [5.41, 5.74) is 2.29. The van der Waals surface area contributed by atoms with Crippen LogP contribution < -0.4 is 0 Å². The third-order valence-corrected chi connectivity index (χ3v) is 3.93. The van der Waals surface area contributed by atoms with Crippen molar-refractivity contribution in [3.05, 3.63) is 34.9 Å². The molecule has 0 aliphatic carbocycles. The standard InChI is InChI=1S/C15H18N2O2/c1-11-7-12(8-16)3-4-13(11)9-17-6-5-15(2,10-17)14(18)19/h3-4,7H,5-6,9-10H2,1-2H3,(H,18,19). The molecule has 1 aromatic rings. The maximum atomic E-state index is 11.2. The van der Waals surface area contributed by atoms with Gasteiger partial charge in [-0.05, 0) is 50.1 Å². The van der Waals surface area contributed by atoms with Crippen molar-refractivity contribution >= 4 is 5.97 Å².